The molecule has 1 aromatic heterocycles. The van der Waals surface area contributed by atoms with Gasteiger partial charge in [-0.3, -0.25) is 4.79 Å². The van der Waals surface area contributed by atoms with Gasteiger partial charge in [-0.05, 0) is 19.1 Å². The highest BCUT2D eigenvalue weighted by Crippen LogP contribution is 2.36. The number of amides is 1. The Morgan fingerprint density at radius 3 is 2.69 bits per heavy atom. The Labute approximate surface area is 148 Å². The van der Waals surface area contributed by atoms with Crippen molar-refractivity contribution in [3.8, 4) is 16.9 Å². The Hall–Kier alpha value is -3.26. The van der Waals surface area contributed by atoms with E-state index in [0.717, 1.165) is 0 Å². The van der Waals surface area contributed by atoms with Crippen LogP contribution >= 0.6 is 0 Å². The van der Waals surface area contributed by atoms with Crippen molar-refractivity contribution in [2.75, 3.05) is 12.3 Å². The van der Waals surface area contributed by atoms with E-state index in [0.29, 0.717) is 10.9 Å². The number of anilines is 1. The molecule has 8 heteroatoms. The van der Waals surface area contributed by atoms with Crippen LogP contribution in [0.4, 0.5) is 10.1 Å². The van der Waals surface area contributed by atoms with Crippen LogP contribution in [-0.2, 0) is 0 Å². The van der Waals surface area contributed by atoms with E-state index in [9.17, 15) is 19.4 Å². The number of carbonyl (C=O) groups excluding carboxylic acids is 1. The van der Waals surface area contributed by atoms with Gasteiger partial charge in [-0.15, -0.1) is 10.2 Å². The average molecular weight is 356 g/mol. The number of nitrogens with one attached hydrogen (secondary N) is 1. The van der Waals surface area contributed by atoms with Crippen LogP contribution in [0.3, 0.4) is 0 Å². The SMILES string of the molecule is CC(O)CNC(=O)c1nnc2c(-c3c(O)cccc3F)cccc2c1N. The molecule has 1 unspecified atom stereocenters. The predicted molar refractivity (Wildman–Crippen MR) is 95.0 cm³/mol. The number of hydrogen-bond acceptors (Lipinski definition) is 6. The number of nitrogens with zero attached hydrogens (tertiary/aromatic N) is 2. The van der Waals surface area contributed by atoms with Crippen LogP contribution in [0.15, 0.2) is 36.4 Å². The number of aromatic nitrogens is 2. The molecule has 0 aliphatic rings. The number of hydrogen-bond donors (Lipinski definition) is 4. The van der Waals surface area contributed by atoms with Crippen molar-refractivity contribution in [1.29, 1.82) is 0 Å². The molecule has 3 aromatic rings. The zero-order valence-corrected chi connectivity index (χ0v) is 13.9. The number of phenolic OH excluding ortho intramolecular Hbond substituents is 1. The van der Waals surface area contributed by atoms with Crippen molar-refractivity contribution in [2.45, 2.75) is 13.0 Å². The number of benzene rings is 2. The lowest BCUT2D eigenvalue weighted by Gasteiger charge is -2.12. The van der Waals surface area contributed by atoms with Gasteiger partial charge in [-0.2, -0.15) is 0 Å². The fraction of sp³-hybridized carbons (Fsp3) is 0.167. The molecule has 1 atom stereocenters. The predicted octanol–water partition coefficient (Wildman–Crippen LogP) is 1.83. The summed E-state index contributed by atoms with van der Waals surface area (Å²) in [6.45, 7) is 1.57. The van der Waals surface area contributed by atoms with Crippen molar-refractivity contribution >= 4 is 22.5 Å². The normalized spacial score (nSPS) is 12.1. The third-order valence-electron chi connectivity index (χ3n) is 3.87. The van der Waals surface area contributed by atoms with Crippen molar-refractivity contribution in [2.24, 2.45) is 0 Å². The number of phenols is 1. The summed E-state index contributed by atoms with van der Waals surface area (Å²) in [5.41, 5.74) is 6.62. The summed E-state index contributed by atoms with van der Waals surface area (Å²) < 4.78 is 14.2. The van der Waals surface area contributed by atoms with Crippen LogP contribution in [0.5, 0.6) is 5.75 Å². The molecular formula is C18H17FN4O3. The number of aliphatic hydroxyl groups excluding tert-OH is 1. The first kappa shape index (κ1) is 17.6. The maximum absolute atomic E-state index is 14.2. The lowest BCUT2D eigenvalue weighted by molar-refractivity contribution is 0.0919. The summed E-state index contributed by atoms with van der Waals surface area (Å²) in [6.07, 6.45) is -0.718. The first-order chi connectivity index (χ1) is 12.4. The molecule has 7 nitrogen and oxygen atoms in total. The second-order valence-corrected chi connectivity index (χ2v) is 5.86. The number of aromatic hydroxyl groups is 1. The third kappa shape index (κ3) is 3.14. The van der Waals surface area contributed by atoms with Gasteiger partial charge in [-0.25, -0.2) is 4.39 Å². The summed E-state index contributed by atoms with van der Waals surface area (Å²) in [7, 11) is 0. The summed E-state index contributed by atoms with van der Waals surface area (Å²) in [6, 6.07) is 8.82. The van der Waals surface area contributed by atoms with Crippen molar-refractivity contribution in [1.82, 2.24) is 15.5 Å². The highest BCUT2D eigenvalue weighted by Gasteiger charge is 2.19. The highest BCUT2D eigenvalue weighted by molar-refractivity contribution is 6.07. The van der Waals surface area contributed by atoms with Crippen LogP contribution in [0, 0.1) is 5.82 Å². The Kier molecular flexibility index (Phi) is 4.68. The minimum absolute atomic E-state index is 0.0156. The fourth-order valence-electron chi connectivity index (χ4n) is 2.62. The number of aliphatic hydroxyl groups is 1. The number of nitrogen functional groups attached to an aromatic ring is 1. The number of fused-ring (bicyclic) bond motifs is 1. The van der Waals surface area contributed by atoms with Gasteiger partial charge in [0.05, 0.1) is 17.4 Å². The Balaban J connectivity index is 2.13. The molecule has 3 rings (SSSR count). The van der Waals surface area contributed by atoms with E-state index in [4.69, 9.17) is 5.73 Å². The van der Waals surface area contributed by atoms with E-state index in [1.807, 2.05) is 0 Å². The summed E-state index contributed by atoms with van der Waals surface area (Å²) in [5, 5.41) is 30.1. The van der Waals surface area contributed by atoms with Crippen molar-refractivity contribution in [3.63, 3.8) is 0 Å². The molecule has 0 saturated heterocycles. The molecule has 0 saturated carbocycles. The molecule has 0 radical (unpaired) electrons. The van der Waals surface area contributed by atoms with Crippen molar-refractivity contribution in [3.05, 3.63) is 47.9 Å². The van der Waals surface area contributed by atoms with Crippen LogP contribution in [0.2, 0.25) is 0 Å². The van der Waals surface area contributed by atoms with E-state index in [-0.39, 0.29) is 34.8 Å². The van der Waals surface area contributed by atoms with Crippen LogP contribution in [-0.4, -0.2) is 39.0 Å². The van der Waals surface area contributed by atoms with E-state index in [2.05, 4.69) is 15.5 Å². The van der Waals surface area contributed by atoms with E-state index in [1.54, 1.807) is 18.2 Å². The fourth-order valence-corrected chi connectivity index (χ4v) is 2.62. The molecule has 2 aromatic carbocycles. The van der Waals surface area contributed by atoms with E-state index in [1.165, 1.54) is 25.1 Å². The molecule has 26 heavy (non-hydrogen) atoms. The molecule has 0 fully saturated rings. The summed E-state index contributed by atoms with van der Waals surface area (Å²) >= 11 is 0. The molecule has 5 N–H and O–H groups in total. The number of rotatable bonds is 4. The number of halogens is 1. The van der Waals surface area contributed by atoms with Gasteiger partial charge >= 0.3 is 0 Å². The molecule has 0 aliphatic heterocycles. The van der Waals surface area contributed by atoms with Gasteiger partial charge in [0.25, 0.3) is 5.91 Å². The topological polar surface area (TPSA) is 121 Å². The van der Waals surface area contributed by atoms with Gasteiger partial charge in [0.2, 0.25) is 0 Å². The molecule has 0 aliphatic carbocycles. The summed E-state index contributed by atoms with van der Waals surface area (Å²) in [4.78, 5) is 12.2. The molecule has 1 amide bonds. The monoisotopic (exact) mass is 356 g/mol. The Bertz CT molecular complexity index is 971. The second-order valence-electron chi connectivity index (χ2n) is 5.86. The first-order valence-electron chi connectivity index (χ1n) is 7.89. The van der Waals surface area contributed by atoms with Crippen LogP contribution in [0.1, 0.15) is 17.4 Å². The standard InChI is InChI=1S/C18H17FN4O3/c1-9(24)8-21-18(26)17-15(20)11-5-2-4-10(16(11)22-23-17)14-12(19)6-3-7-13(14)25/h2-7,9,24-25H,8H2,1H3,(H2,20,22)(H,21,26). The van der Waals surface area contributed by atoms with E-state index >= 15 is 0 Å². The smallest absolute Gasteiger partial charge is 0.274 e. The zero-order chi connectivity index (χ0) is 18.8. The third-order valence-corrected chi connectivity index (χ3v) is 3.87. The lowest BCUT2D eigenvalue weighted by Crippen LogP contribution is -2.31. The van der Waals surface area contributed by atoms with Gasteiger partial charge in [0, 0.05) is 17.5 Å². The molecule has 0 bridgehead atoms. The number of carbonyl (C=O) groups is 1. The first-order valence-corrected chi connectivity index (χ1v) is 7.89. The minimum atomic E-state index is -0.718. The lowest BCUT2D eigenvalue weighted by atomic mass is 10.00. The molecular weight excluding hydrogens is 339 g/mol. The maximum Gasteiger partial charge on any atom is 0.274 e. The van der Waals surface area contributed by atoms with Crippen LogP contribution < -0.4 is 11.1 Å². The molecule has 134 valence electrons. The Morgan fingerprint density at radius 1 is 1.27 bits per heavy atom. The highest BCUT2D eigenvalue weighted by atomic mass is 19.1. The van der Waals surface area contributed by atoms with Crippen LogP contribution in [0.25, 0.3) is 22.0 Å². The zero-order valence-electron chi connectivity index (χ0n) is 13.9. The number of nitrogens with two attached hydrogens (primary N) is 1. The second kappa shape index (κ2) is 6.93. The van der Waals surface area contributed by atoms with Crippen molar-refractivity contribution < 1.29 is 19.4 Å². The van der Waals surface area contributed by atoms with Gasteiger partial charge in [-0.1, -0.05) is 24.3 Å². The maximum atomic E-state index is 14.2. The van der Waals surface area contributed by atoms with Gasteiger partial charge < -0.3 is 21.3 Å². The summed E-state index contributed by atoms with van der Waals surface area (Å²) in [5.74, 6) is -1.43. The molecule has 1 heterocycles. The molecule has 0 spiro atoms. The Morgan fingerprint density at radius 2 is 2.00 bits per heavy atom. The van der Waals surface area contributed by atoms with Gasteiger partial charge in [0.1, 0.15) is 17.1 Å². The van der Waals surface area contributed by atoms with E-state index < -0.39 is 17.8 Å². The largest absolute Gasteiger partial charge is 0.507 e. The average Bonchev–Trinajstić information content (AvgIpc) is 2.60. The van der Waals surface area contributed by atoms with Gasteiger partial charge in [0.15, 0.2) is 5.69 Å². The minimum Gasteiger partial charge on any atom is -0.507 e. The quantitative estimate of drug-likeness (QED) is 0.566.